The third kappa shape index (κ3) is 3.87. The summed E-state index contributed by atoms with van der Waals surface area (Å²) in [5, 5.41) is 2.90. The zero-order chi connectivity index (χ0) is 15.4. The summed E-state index contributed by atoms with van der Waals surface area (Å²) in [6, 6.07) is 2.80. The van der Waals surface area contributed by atoms with Gasteiger partial charge >= 0.3 is 5.97 Å². The molecule has 1 N–H and O–H groups in total. The minimum atomic E-state index is -1.01. The van der Waals surface area contributed by atoms with Gasteiger partial charge in [-0.15, -0.1) is 0 Å². The molecule has 1 aliphatic rings. The van der Waals surface area contributed by atoms with Crippen LogP contribution in [0.25, 0.3) is 0 Å². The highest BCUT2D eigenvalue weighted by Gasteiger charge is 2.26. The zero-order valence-electron chi connectivity index (χ0n) is 11.5. The van der Waals surface area contributed by atoms with Gasteiger partial charge in [-0.25, -0.2) is 13.6 Å². The van der Waals surface area contributed by atoms with Gasteiger partial charge < -0.3 is 10.1 Å². The lowest BCUT2D eigenvalue weighted by atomic mass is 10.0. The van der Waals surface area contributed by atoms with Gasteiger partial charge in [0.25, 0.3) is 0 Å². The number of benzene rings is 1. The van der Waals surface area contributed by atoms with E-state index in [1.807, 2.05) is 0 Å². The first kappa shape index (κ1) is 15.2. The minimum Gasteiger partial charge on any atom is -0.462 e. The molecule has 112 valence electrons. The van der Waals surface area contributed by atoms with E-state index in [-0.39, 0.29) is 23.8 Å². The highest BCUT2D eigenvalue weighted by atomic mass is 19.1. The van der Waals surface area contributed by atoms with Gasteiger partial charge in [0.2, 0.25) is 5.78 Å². The number of carbonyl (C=O) groups is 2. The number of carbonyl (C=O) groups excluding carboxylic acids is 2. The molecule has 0 unspecified atom stereocenters. The first-order valence-corrected chi connectivity index (χ1v) is 6.66. The van der Waals surface area contributed by atoms with Crippen LogP contribution in [0.2, 0.25) is 0 Å². The number of rotatable bonds is 6. The topological polar surface area (TPSA) is 55.4 Å². The van der Waals surface area contributed by atoms with Gasteiger partial charge in [0, 0.05) is 18.3 Å². The van der Waals surface area contributed by atoms with Crippen LogP contribution in [0.5, 0.6) is 0 Å². The van der Waals surface area contributed by atoms with Gasteiger partial charge in [0.1, 0.15) is 17.2 Å². The monoisotopic (exact) mass is 295 g/mol. The number of Topliss-reactive ketones (excluding diaryl/α,β-unsaturated/α-hetero) is 1. The molecule has 0 aliphatic heterocycles. The average Bonchev–Trinajstić information content (AvgIpc) is 3.23. The molecule has 1 aliphatic carbocycles. The number of halogens is 2. The van der Waals surface area contributed by atoms with Crippen LogP contribution in [0.3, 0.4) is 0 Å². The summed E-state index contributed by atoms with van der Waals surface area (Å²) in [5.41, 5.74) is -0.664. The van der Waals surface area contributed by atoms with E-state index in [4.69, 9.17) is 4.74 Å². The van der Waals surface area contributed by atoms with Gasteiger partial charge in [-0.3, -0.25) is 4.79 Å². The summed E-state index contributed by atoms with van der Waals surface area (Å²) in [5.74, 6) is -3.47. The quantitative estimate of drug-likeness (QED) is 0.288. The number of hydrogen-bond acceptors (Lipinski definition) is 4. The Kier molecular flexibility index (Phi) is 4.67. The molecular weight excluding hydrogens is 280 g/mol. The molecule has 0 radical (unpaired) electrons. The van der Waals surface area contributed by atoms with E-state index in [2.05, 4.69) is 5.32 Å². The standard InChI is InChI=1S/C15H15F2NO3/c1-2-21-15(20)12(8-18-10-4-5-10)14(19)11-6-3-9(16)7-13(11)17/h3,6-8,10,18H,2,4-5H2,1H3/b12-8+. The van der Waals surface area contributed by atoms with Crippen molar-refractivity contribution in [3.05, 3.63) is 47.2 Å². The summed E-state index contributed by atoms with van der Waals surface area (Å²) in [6.45, 7) is 1.70. The number of nitrogens with one attached hydrogen (secondary N) is 1. The molecule has 1 aromatic carbocycles. The highest BCUT2D eigenvalue weighted by Crippen LogP contribution is 2.20. The van der Waals surface area contributed by atoms with Crippen molar-refractivity contribution in [1.82, 2.24) is 5.32 Å². The Bertz CT molecular complexity index is 595. The second kappa shape index (κ2) is 6.47. The Hall–Kier alpha value is -2.24. The molecule has 0 atom stereocenters. The first-order chi connectivity index (χ1) is 10.0. The van der Waals surface area contributed by atoms with Crippen molar-refractivity contribution in [3.8, 4) is 0 Å². The Labute approximate surface area is 120 Å². The molecule has 1 aromatic rings. The predicted molar refractivity (Wildman–Crippen MR) is 71.6 cm³/mol. The predicted octanol–water partition coefficient (Wildman–Crippen LogP) is 2.35. The zero-order valence-corrected chi connectivity index (χ0v) is 11.5. The largest absolute Gasteiger partial charge is 0.462 e. The van der Waals surface area contributed by atoms with E-state index in [1.165, 1.54) is 6.20 Å². The maximum atomic E-state index is 13.7. The van der Waals surface area contributed by atoms with E-state index in [9.17, 15) is 18.4 Å². The molecule has 0 saturated heterocycles. The average molecular weight is 295 g/mol. The van der Waals surface area contributed by atoms with Gasteiger partial charge in [0.05, 0.1) is 12.2 Å². The summed E-state index contributed by atoms with van der Waals surface area (Å²) in [6.07, 6.45) is 3.15. The Morgan fingerprint density at radius 3 is 2.67 bits per heavy atom. The van der Waals surface area contributed by atoms with E-state index in [0.29, 0.717) is 6.07 Å². The number of ketones is 1. The molecule has 0 amide bonds. The summed E-state index contributed by atoms with van der Waals surface area (Å²) < 4.78 is 31.3. The van der Waals surface area contributed by atoms with Crippen molar-refractivity contribution in [1.29, 1.82) is 0 Å². The van der Waals surface area contributed by atoms with Crippen LogP contribution in [0.4, 0.5) is 8.78 Å². The van der Waals surface area contributed by atoms with E-state index >= 15 is 0 Å². The SMILES string of the molecule is CCOC(=O)/C(=C/NC1CC1)C(=O)c1ccc(F)cc1F. The lowest BCUT2D eigenvalue weighted by molar-refractivity contribution is -0.138. The normalized spacial score (nSPS) is 14.7. The molecule has 4 nitrogen and oxygen atoms in total. The van der Waals surface area contributed by atoms with Crippen LogP contribution >= 0.6 is 0 Å². The Morgan fingerprint density at radius 1 is 1.38 bits per heavy atom. The van der Waals surface area contributed by atoms with Gasteiger partial charge in [-0.1, -0.05) is 0 Å². The van der Waals surface area contributed by atoms with Crippen LogP contribution in [0.15, 0.2) is 30.0 Å². The highest BCUT2D eigenvalue weighted by molar-refractivity contribution is 6.24. The summed E-state index contributed by atoms with van der Waals surface area (Å²) >= 11 is 0. The van der Waals surface area contributed by atoms with Gasteiger partial charge in [-0.05, 0) is 31.9 Å². The Balaban J connectivity index is 2.27. The molecule has 1 fully saturated rings. The maximum absolute atomic E-state index is 13.7. The number of ether oxygens (including phenoxy) is 1. The smallest absolute Gasteiger partial charge is 0.343 e. The van der Waals surface area contributed by atoms with E-state index in [1.54, 1.807) is 6.92 Å². The Morgan fingerprint density at radius 2 is 2.10 bits per heavy atom. The van der Waals surface area contributed by atoms with Gasteiger partial charge in [0.15, 0.2) is 0 Å². The number of hydrogen-bond donors (Lipinski definition) is 1. The van der Waals surface area contributed by atoms with Crippen LogP contribution < -0.4 is 5.32 Å². The lowest BCUT2D eigenvalue weighted by Crippen LogP contribution is -2.21. The molecule has 0 spiro atoms. The van der Waals surface area contributed by atoms with Crippen molar-refractivity contribution in [2.45, 2.75) is 25.8 Å². The second-order valence-electron chi connectivity index (χ2n) is 4.67. The molecule has 1 saturated carbocycles. The van der Waals surface area contributed by atoms with E-state index in [0.717, 1.165) is 25.0 Å². The minimum absolute atomic E-state index is 0.0960. The van der Waals surface area contributed by atoms with Crippen LogP contribution in [0.1, 0.15) is 30.1 Å². The van der Waals surface area contributed by atoms with Crippen molar-refractivity contribution < 1.29 is 23.1 Å². The summed E-state index contributed by atoms with van der Waals surface area (Å²) in [7, 11) is 0. The fourth-order valence-corrected chi connectivity index (χ4v) is 1.70. The molecule has 21 heavy (non-hydrogen) atoms. The maximum Gasteiger partial charge on any atom is 0.343 e. The van der Waals surface area contributed by atoms with E-state index < -0.39 is 23.4 Å². The number of esters is 1. The van der Waals surface area contributed by atoms with Gasteiger partial charge in [-0.2, -0.15) is 0 Å². The van der Waals surface area contributed by atoms with Crippen LogP contribution in [-0.2, 0) is 9.53 Å². The second-order valence-corrected chi connectivity index (χ2v) is 4.67. The molecule has 0 aromatic heterocycles. The van der Waals surface area contributed by atoms with Crippen molar-refractivity contribution in [3.63, 3.8) is 0 Å². The lowest BCUT2D eigenvalue weighted by Gasteiger charge is -2.08. The van der Waals surface area contributed by atoms with Crippen molar-refractivity contribution in [2.75, 3.05) is 6.61 Å². The molecular formula is C15H15F2NO3. The van der Waals surface area contributed by atoms with Crippen molar-refractivity contribution >= 4 is 11.8 Å². The first-order valence-electron chi connectivity index (χ1n) is 6.66. The fourth-order valence-electron chi connectivity index (χ4n) is 1.70. The van der Waals surface area contributed by atoms with Crippen LogP contribution in [0, 0.1) is 11.6 Å². The summed E-state index contributed by atoms with van der Waals surface area (Å²) in [4.78, 5) is 24.1. The molecule has 6 heteroatoms. The van der Waals surface area contributed by atoms with Crippen LogP contribution in [-0.4, -0.2) is 24.4 Å². The molecule has 0 bridgehead atoms. The fraction of sp³-hybridized carbons (Fsp3) is 0.333. The third-order valence-electron chi connectivity index (χ3n) is 2.96. The molecule has 2 rings (SSSR count). The van der Waals surface area contributed by atoms with Crippen molar-refractivity contribution in [2.24, 2.45) is 0 Å². The molecule has 0 heterocycles. The third-order valence-corrected chi connectivity index (χ3v) is 2.96.